The van der Waals surface area contributed by atoms with E-state index in [4.69, 9.17) is 16.7 Å². The minimum Gasteiger partial charge on any atom is -0.480 e. The van der Waals surface area contributed by atoms with E-state index in [-0.39, 0.29) is 17.3 Å². The standard InChI is InChI=1S/C9H13ClN2O4/c1-4-7(10)8(9(16)5(2)13)11-12(4)3-6(14)15/h5,9,13,16H,3H2,1-2H3,(H,14,15). The van der Waals surface area contributed by atoms with E-state index in [0.29, 0.717) is 5.69 Å². The highest BCUT2D eigenvalue weighted by molar-refractivity contribution is 6.31. The van der Waals surface area contributed by atoms with Gasteiger partial charge in [-0.05, 0) is 13.8 Å². The molecular formula is C9H13ClN2O4. The Morgan fingerprint density at radius 2 is 2.12 bits per heavy atom. The van der Waals surface area contributed by atoms with Gasteiger partial charge in [0, 0.05) is 0 Å². The summed E-state index contributed by atoms with van der Waals surface area (Å²) in [6, 6.07) is 0. The Labute approximate surface area is 97.1 Å². The molecule has 0 amide bonds. The van der Waals surface area contributed by atoms with Gasteiger partial charge in [0.25, 0.3) is 0 Å². The monoisotopic (exact) mass is 248 g/mol. The Bertz CT molecular complexity index is 402. The first-order valence-corrected chi connectivity index (χ1v) is 5.03. The zero-order chi connectivity index (χ0) is 12.5. The highest BCUT2D eigenvalue weighted by atomic mass is 35.5. The highest BCUT2D eigenvalue weighted by Gasteiger charge is 2.23. The number of hydrogen-bond donors (Lipinski definition) is 3. The zero-order valence-corrected chi connectivity index (χ0v) is 9.64. The van der Waals surface area contributed by atoms with Crippen molar-refractivity contribution in [2.45, 2.75) is 32.6 Å². The van der Waals surface area contributed by atoms with Crippen molar-refractivity contribution in [2.24, 2.45) is 0 Å². The van der Waals surface area contributed by atoms with Crippen molar-refractivity contribution < 1.29 is 20.1 Å². The van der Waals surface area contributed by atoms with E-state index in [2.05, 4.69) is 5.10 Å². The molecule has 1 aromatic heterocycles. The molecule has 16 heavy (non-hydrogen) atoms. The lowest BCUT2D eigenvalue weighted by Crippen LogP contribution is -2.16. The molecule has 0 radical (unpaired) electrons. The topological polar surface area (TPSA) is 95.6 Å². The summed E-state index contributed by atoms with van der Waals surface area (Å²) in [7, 11) is 0. The van der Waals surface area contributed by atoms with Gasteiger partial charge < -0.3 is 15.3 Å². The number of hydrogen-bond acceptors (Lipinski definition) is 4. The lowest BCUT2D eigenvalue weighted by molar-refractivity contribution is -0.137. The largest absolute Gasteiger partial charge is 0.480 e. The minimum atomic E-state index is -1.22. The van der Waals surface area contributed by atoms with Crippen LogP contribution >= 0.6 is 11.6 Å². The fourth-order valence-electron chi connectivity index (χ4n) is 1.25. The van der Waals surface area contributed by atoms with E-state index < -0.39 is 18.2 Å². The van der Waals surface area contributed by atoms with Gasteiger partial charge in [-0.2, -0.15) is 5.10 Å². The first kappa shape index (κ1) is 13.0. The number of aromatic nitrogens is 2. The molecule has 0 aliphatic rings. The van der Waals surface area contributed by atoms with Crippen LogP contribution in [-0.2, 0) is 11.3 Å². The number of carboxylic acid groups (broad SMARTS) is 1. The lowest BCUT2D eigenvalue weighted by Gasteiger charge is -2.10. The summed E-state index contributed by atoms with van der Waals surface area (Å²) in [4.78, 5) is 10.5. The maximum atomic E-state index is 10.5. The Kier molecular flexibility index (Phi) is 3.90. The number of aliphatic hydroxyl groups is 2. The van der Waals surface area contributed by atoms with Crippen LogP contribution in [-0.4, -0.2) is 37.2 Å². The van der Waals surface area contributed by atoms with Gasteiger partial charge in [-0.3, -0.25) is 9.48 Å². The van der Waals surface area contributed by atoms with Crippen molar-refractivity contribution in [1.29, 1.82) is 0 Å². The van der Waals surface area contributed by atoms with Crippen LogP contribution in [0, 0.1) is 6.92 Å². The average molecular weight is 249 g/mol. The Balaban J connectivity index is 3.09. The molecule has 0 aliphatic heterocycles. The quantitative estimate of drug-likeness (QED) is 0.714. The van der Waals surface area contributed by atoms with E-state index in [1.165, 1.54) is 11.6 Å². The summed E-state index contributed by atoms with van der Waals surface area (Å²) < 4.78 is 1.17. The van der Waals surface area contributed by atoms with Gasteiger partial charge in [-0.1, -0.05) is 11.6 Å². The summed E-state index contributed by atoms with van der Waals surface area (Å²) in [5, 5.41) is 31.5. The molecule has 0 aliphatic carbocycles. The zero-order valence-electron chi connectivity index (χ0n) is 8.88. The van der Waals surface area contributed by atoms with Gasteiger partial charge in [-0.25, -0.2) is 0 Å². The number of halogens is 1. The van der Waals surface area contributed by atoms with Crippen LogP contribution in [0.1, 0.15) is 24.4 Å². The number of nitrogens with zero attached hydrogens (tertiary/aromatic N) is 2. The van der Waals surface area contributed by atoms with E-state index in [1.54, 1.807) is 6.92 Å². The fourth-order valence-corrected chi connectivity index (χ4v) is 1.49. The predicted octanol–water partition coefficient (Wildman–Crippen LogP) is 0.344. The second-order valence-corrected chi connectivity index (χ2v) is 3.90. The van der Waals surface area contributed by atoms with Crippen LogP contribution < -0.4 is 0 Å². The number of aliphatic carboxylic acids is 1. The molecule has 0 saturated carbocycles. The molecule has 1 heterocycles. The molecule has 6 nitrogen and oxygen atoms in total. The summed E-state index contributed by atoms with van der Waals surface area (Å²) in [6.07, 6.45) is -2.24. The summed E-state index contributed by atoms with van der Waals surface area (Å²) >= 11 is 5.89. The van der Waals surface area contributed by atoms with E-state index in [9.17, 15) is 15.0 Å². The van der Waals surface area contributed by atoms with Gasteiger partial charge in [0.1, 0.15) is 18.3 Å². The number of carbonyl (C=O) groups is 1. The second-order valence-electron chi connectivity index (χ2n) is 3.52. The fraction of sp³-hybridized carbons (Fsp3) is 0.556. The molecule has 3 N–H and O–H groups in total. The van der Waals surface area contributed by atoms with Crippen LogP contribution in [0.15, 0.2) is 0 Å². The Morgan fingerprint density at radius 3 is 2.56 bits per heavy atom. The summed E-state index contributed by atoms with van der Waals surface area (Å²) in [6.45, 7) is 2.65. The first-order valence-electron chi connectivity index (χ1n) is 4.65. The van der Waals surface area contributed by atoms with Crippen molar-refractivity contribution in [3.8, 4) is 0 Å². The van der Waals surface area contributed by atoms with Crippen LogP contribution in [0.5, 0.6) is 0 Å². The molecule has 0 saturated heterocycles. The van der Waals surface area contributed by atoms with Gasteiger partial charge in [-0.15, -0.1) is 0 Å². The van der Waals surface area contributed by atoms with E-state index >= 15 is 0 Å². The number of aliphatic hydroxyl groups excluding tert-OH is 2. The predicted molar refractivity (Wildman–Crippen MR) is 56.3 cm³/mol. The molecule has 7 heteroatoms. The van der Waals surface area contributed by atoms with E-state index in [1.807, 2.05) is 0 Å². The van der Waals surface area contributed by atoms with Gasteiger partial charge in [0.15, 0.2) is 0 Å². The number of rotatable bonds is 4. The normalized spacial score (nSPS) is 14.8. The van der Waals surface area contributed by atoms with Crippen molar-refractivity contribution in [1.82, 2.24) is 9.78 Å². The number of carboxylic acids is 1. The van der Waals surface area contributed by atoms with Crippen molar-refractivity contribution in [3.05, 3.63) is 16.4 Å². The average Bonchev–Trinajstić information content (AvgIpc) is 2.44. The van der Waals surface area contributed by atoms with Gasteiger partial charge in [0.05, 0.1) is 16.8 Å². The molecule has 1 rings (SSSR count). The Morgan fingerprint density at radius 1 is 1.56 bits per heavy atom. The smallest absolute Gasteiger partial charge is 0.325 e. The molecule has 90 valence electrons. The van der Waals surface area contributed by atoms with Crippen molar-refractivity contribution in [2.75, 3.05) is 0 Å². The van der Waals surface area contributed by atoms with E-state index in [0.717, 1.165) is 0 Å². The Hall–Kier alpha value is -1.11. The van der Waals surface area contributed by atoms with Gasteiger partial charge in [0.2, 0.25) is 0 Å². The van der Waals surface area contributed by atoms with Crippen LogP contribution in [0.4, 0.5) is 0 Å². The molecule has 1 aromatic rings. The third-order valence-corrected chi connectivity index (χ3v) is 2.65. The summed E-state index contributed by atoms with van der Waals surface area (Å²) in [5.74, 6) is -1.06. The highest BCUT2D eigenvalue weighted by Crippen LogP contribution is 2.27. The SMILES string of the molecule is Cc1c(Cl)c(C(O)C(C)O)nn1CC(=O)O. The minimum absolute atomic E-state index is 0.0930. The second kappa shape index (κ2) is 4.82. The molecule has 2 unspecified atom stereocenters. The van der Waals surface area contributed by atoms with Crippen LogP contribution in [0.25, 0.3) is 0 Å². The maximum Gasteiger partial charge on any atom is 0.325 e. The van der Waals surface area contributed by atoms with Crippen LogP contribution in [0.3, 0.4) is 0 Å². The van der Waals surface area contributed by atoms with Crippen molar-refractivity contribution >= 4 is 17.6 Å². The molecule has 2 atom stereocenters. The molecule has 0 aromatic carbocycles. The molecular weight excluding hydrogens is 236 g/mol. The third kappa shape index (κ3) is 2.52. The molecule has 0 bridgehead atoms. The van der Waals surface area contributed by atoms with Crippen molar-refractivity contribution in [3.63, 3.8) is 0 Å². The van der Waals surface area contributed by atoms with Gasteiger partial charge >= 0.3 is 5.97 Å². The lowest BCUT2D eigenvalue weighted by atomic mass is 10.1. The molecule has 0 fully saturated rings. The van der Waals surface area contributed by atoms with Crippen LogP contribution in [0.2, 0.25) is 5.02 Å². The summed E-state index contributed by atoms with van der Waals surface area (Å²) in [5.41, 5.74) is 0.536. The molecule has 0 spiro atoms. The first-order chi connectivity index (χ1) is 7.34. The third-order valence-electron chi connectivity index (χ3n) is 2.18. The maximum absolute atomic E-state index is 10.5.